The van der Waals surface area contributed by atoms with Gasteiger partial charge >= 0.3 is 0 Å². The van der Waals surface area contributed by atoms with E-state index < -0.39 is 17.7 Å². The van der Waals surface area contributed by atoms with Gasteiger partial charge in [0.05, 0.1) is 16.6 Å². The first-order chi connectivity index (χ1) is 14.0. The molecule has 4 rings (SSSR count). The summed E-state index contributed by atoms with van der Waals surface area (Å²) in [5.74, 6) is -1.43. The minimum atomic E-state index is -0.909. The van der Waals surface area contributed by atoms with Crippen LogP contribution >= 0.6 is 11.6 Å². The van der Waals surface area contributed by atoms with Gasteiger partial charge in [0.2, 0.25) is 0 Å². The number of piperidine rings is 1. The molecule has 2 fully saturated rings. The van der Waals surface area contributed by atoms with Crippen molar-refractivity contribution in [3.8, 4) is 0 Å². The van der Waals surface area contributed by atoms with Gasteiger partial charge in [-0.1, -0.05) is 17.7 Å². The first kappa shape index (κ1) is 20.0. The number of benzene rings is 1. The summed E-state index contributed by atoms with van der Waals surface area (Å²) in [5.41, 5.74) is 1.01. The number of hydrogen-bond donors (Lipinski definition) is 1. The summed E-state index contributed by atoms with van der Waals surface area (Å²) in [6.07, 6.45) is 4.91. The van der Waals surface area contributed by atoms with Crippen LogP contribution in [0.4, 0.5) is 14.6 Å². The number of amides is 1. The number of anilines is 1. The number of carbonyl (C=O) groups excluding carboxylic acids is 1. The van der Waals surface area contributed by atoms with E-state index in [0.717, 1.165) is 44.5 Å². The molecule has 2 aliphatic rings. The second-order valence-electron chi connectivity index (χ2n) is 7.41. The van der Waals surface area contributed by atoms with E-state index in [-0.39, 0.29) is 11.9 Å². The molecular formula is C21H22ClF2N3O2. The zero-order valence-corrected chi connectivity index (χ0v) is 16.6. The summed E-state index contributed by atoms with van der Waals surface area (Å²) in [7, 11) is 0. The highest BCUT2D eigenvalue weighted by Gasteiger charge is 2.31. The predicted molar refractivity (Wildman–Crippen MR) is 106 cm³/mol. The summed E-state index contributed by atoms with van der Waals surface area (Å²) in [6.45, 7) is 1.99. The lowest BCUT2D eigenvalue weighted by Gasteiger charge is -2.27. The molecule has 2 unspecified atom stereocenters. The van der Waals surface area contributed by atoms with E-state index in [2.05, 4.69) is 10.3 Å². The highest BCUT2D eigenvalue weighted by molar-refractivity contribution is 6.33. The van der Waals surface area contributed by atoms with Gasteiger partial charge in [0, 0.05) is 25.9 Å². The summed E-state index contributed by atoms with van der Waals surface area (Å²) in [5, 5.41) is 3.57. The van der Waals surface area contributed by atoms with Crippen LogP contribution in [0, 0.1) is 11.6 Å². The van der Waals surface area contributed by atoms with Crippen molar-refractivity contribution in [1.29, 1.82) is 0 Å². The number of halogens is 3. The fraction of sp³-hybridized carbons (Fsp3) is 0.429. The largest absolute Gasteiger partial charge is 0.371 e. The van der Waals surface area contributed by atoms with Gasteiger partial charge < -0.3 is 15.0 Å². The Bertz CT molecular complexity index is 905. The number of ether oxygens (including phenoxy) is 1. The first-order valence-electron chi connectivity index (χ1n) is 9.81. The monoisotopic (exact) mass is 421 g/mol. The van der Waals surface area contributed by atoms with E-state index in [1.807, 2.05) is 4.90 Å². The molecule has 2 aromatic rings. The molecule has 154 valence electrons. The second-order valence-corrected chi connectivity index (χ2v) is 7.82. The molecule has 2 aliphatic heterocycles. The van der Waals surface area contributed by atoms with Crippen LogP contribution in [0.2, 0.25) is 5.02 Å². The Balaban J connectivity index is 1.48. The summed E-state index contributed by atoms with van der Waals surface area (Å²) in [4.78, 5) is 18.8. The number of nitrogens with one attached hydrogen (secondary N) is 1. The van der Waals surface area contributed by atoms with Crippen molar-refractivity contribution in [3.05, 3.63) is 58.2 Å². The summed E-state index contributed by atoms with van der Waals surface area (Å²) < 4.78 is 32.6. The molecule has 1 aromatic carbocycles. The maximum Gasteiger partial charge on any atom is 0.255 e. The van der Waals surface area contributed by atoms with Crippen LogP contribution in [0.1, 0.15) is 47.7 Å². The second kappa shape index (κ2) is 8.63. The van der Waals surface area contributed by atoms with Gasteiger partial charge in [-0.15, -0.1) is 0 Å². The van der Waals surface area contributed by atoms with Crippen LogP contribution in [0.5, 0.6) is 0 Å². The van der Waals surface area contributed by atoms with Crippen molar-refractivity contribution in [1.82, 2.24) is 9.88 Å². The maximum absolute atomic E-state index is 13.6. The molecule has 5 nitrogen and oxygen atoms in total. The minimum absolute atomic E-state index is 0.0606. The zero-order chi connectivity index (χ0) is 20.4. The van der Waals surface area contributed by atoms with Crippen LogP contribution in [-0.4, -0.2) is 41.5 Å². The van der Waals surface area contributed by atoms with Gasteiger partial charge in [-0.2, -0.15) is 0 Å². The highest BCUT2D eigenvalue weighted by Crippen LogP contribution is 2.33. The molecule has 0 saturated carbocycles. The lowest BCUT2D eigenvalue weighted by atomic mass is 10.0. The first-order valence-corrected chi connectivity index (χ1v) is 10.2. The fourth-order valence-electron chi connectivity index (χ4n) is 3.87. The molecule has 3 heterocycles. The van der Waals surface area contributed by atoms with Crippen LogP contribution in [-0.2, 0) is 4.74 Å². The zero-order valence-electron chi connectivity index (χ0n) is 15.8. The predicted octanol–water partition coefficient (Wildman–Crippen LogP) is 4.58. The van der Waals surface area contributed by atoms with E-state index in [9.17, 15) is 13.6 Å². The number of likely N-dealkylation sites (tertiary alicyclic amines) is 1. The molecule has 0 spiro atoms. The van der Waals surface area contributed by atoms with Crippen molar-refractivity contribution >= 4 is 23.3 Å². The molecule has 8 heteroatoms. The van der Waals surface area contributed by atoms with Crippen molar-refractivity contribution < 1.29 is 18.3 Å². The Morgan fingerprint density at radius 1 is 1.17 bits per heavy atom. The third-order valence-corrected chi connectivity index (χ3v) is 5.71. The van der Waals surface area contributed by atoms with Gasteiger partial charge in [-0.25, -0.2) is 13.8 Å². The Hall–Kier alpha value is -2.25. The van der Waals surface area contributed by atoms with Gasteiger partial charge in [-0.3, -0.25) is 4.79 Å². The van der Waals surface area contributed by atoms with Crippen molar-refractivity contribution in [2.45, 2.75) is 37.8 Å². The topological polar surface area (TPSA) is 54.5 Å². The molecule has 1 amide bonds. The molecule has 0 radical (unpaired) electrons. The van der Waals surface area contributed by atoms with Crippen molar-refractivity contribution in [3.63, 3.8) is 0 Å². The smallest absolute Gasteiger partial charge is 0.255 e. The molecule has 2 atom stereocenters. The van der Waals surface area contributed by atoms with E-state index in [4.69, 9.17) is 16.3 Å². The number of pyridine rings is 1. The van der Waals surface area contributed by atoms with Crippen molar-refractivity contribution in [2.75, 3.05) is 25.0 Å². The fourth-order valence-corrected chi connectivity index (χ4v) is 4.09. The lowest BCUT2D eigenvalue weighted by Crippen LogP contribution is -2.35. The van der Waals surface area contributed by atoms with E-state index in [1.165, 1.54) is 12.3 Å². The van der Waals surface area contributed by atoms with Gasteiger partial charge in [0.25, 0.3) is 5.91 Å². The Morgan fingerprint density at radius 3 is 2.69 bits per heavy atom. The van der Waals surface area contributed by atoms with Crippen LogP contribution in [0.15, 0.2) is 30.5 Å². The summed E-state index contributed by atoms with van der Waals surface area (Å²) >= 11 is 6.38. The SMILES string of the molecule is O=C(c1cnc(NC2CCOC2c2ccc(F)c(F)c2)c(Cl)c1)N1CCCCC1. The average Bonchev–Trinajstić information content (AvgIpc) is 3.20. The van der Waals surface area contributed by atoms with Gasteiger partial charge in [0.1, 0.15) is 11.9 Å². The van der Waals surface area contributed by atoms with E-state index in [1.54, 1.807) is 6.07 Å². The van der Waals surface area contributed by atoms with Crippen LogP contribution < -0.4 is 5.32 Å². The van der Waals surface area contributed by atoms with Gasteiger partial charge in [-0.05, 0) is 49.4 Å². The standard InChI is InChI=1S/C21H22ClF2N3O2/c22-15-10-14(21(28)27-7-2-1-3-8-27)12-25-20(15)26-18-6-9-29-19(18)13-4-5-16(23)17(24)11-13/h4-5,10-12,18-19H,1-3,6-9H2,(H,25,26). The van der Waals surface area contributed by atoms with E-state index in [0.29, 0.717) is 35.0 Å². The molecule has 29 heavy (non-hydrogen) atoms. The number of carbonyl (C=O) groups is 1. The van der Waals surface area contributed by atoms with E-state index >= 15 is 0 Å². The number of rotatable bonds is 4. The third-order valence-electron chi connectivity index (χ3n) is 5.42. The minimum Gasteiger partial charge on any atom is -0.371 e. The molecular weight excluding hydrogens is 400 g/mol. The normalized spacial score (nSPS) is 22.0. The molecule has 1 aromatic heterocycles. The van der Waals surface area contributed by atoms with Crippen LogP contribution in [0.25, 0.3) is 0 Å². The number of hydrogen-bond acceptors (Lipinski definition) is 4. The quantitative estimate of drug-likeness (QED) is 0.785. The highest BCUT2D eigenvalue weighted by atomic mass is 35.5. The maximum atomic E-state index is 13.6. The third kappa shape index (κ3) is 4.36. The Morgan fingerprint density at radius 2 is 1.97 bits per heavy atom. The average molecular weight is 422 g/mol. The molecule has 2 saturated heterocycles. The molecule has 1 N–H and O–H groups in total. The molecule has 0 aliphatic carbocycles. The lowest BCUT2D eigenvalue weighted by molar-refractivity contribution is 0.0724. The Kier molecular flexibility index (Phi) is 5.96. The summed E-state index contributed by atoms with van der Waals surface area (Å²) in [6, 6.07) is 5.17. The van der Waals surface area contributed by atoms with Gasteiger partial charge in [0.15, 0.2) is 11.6 Å². The van der Waals surface area contributed by atoms with Crippen molar-refractivity contribution in [2.24, 2.45) is 0 Å². The number of nitrogens with zero attached hydrogens (tertiary/aromatic N) is 2. The number of aromatic nitrogens is 1. The van der Waals surface area contributed by atoms with Crippen LogP contribution in [0.3, 0.4) is 0 Å². The molecule has 0 bridgehead atoms. The Labute approximate surface area is 173 Å².